The molecule has 0 bridgehead atoms. The summed E-state index contributed by atoms with van der Waals surface area (Å²) in [4.78, 5) is 7.27. The van der Waals surface area contributed by atoms with Crippen molar-refractivity contribution in [2.75, 3.05) is 70.3 Å². The van der Waals surface area contributed by atoms with Gasteiger partial charge in [-0.2, -0.15) is 0 Å². The molecular formula is C19H29FN4O2. The van der Waals surface area contributed by atoms with Gasteiger partial charge < -0.3 is 20.1 Å². The van der Waals surface area contributed by atoms with Crippen molar-refractivity contribution in [3.05, 3.63) is 12.1 Å². The maximum absolute atomic E-state index is 12.5. The van der Waals surface area contributed by atoms with Crippen LogP contribution in [-0.4, -0.2) is 81.5 Å². The van der Waals surface area contributed by atoms with Crippen molar-refractivity contribution in [3.63, 3.8) is 0 Å². The fourth-order valence-electron chi connectivity index (χ4n) is 4.58. The Morgan fingerprint density at radius 3 is 2.73 bits per heavy atom. The SMILES string of the molecule is COc1cc2c(cc1N)OCC1CC(N3CCN(CCF)CC3)CCN21. The van der Waals surface area contributed by atoms with Gasteiger partial charge in [-0.3, -0.25) is 9.80 Å². The number of rotatable bonds is 4. The summed E-state index contributed by atoms with van der Waals surface area (Å²) in [5, 5.41) is 0. The van der Waals surface area contributed by atoms with Gasteiger partial charge in [0.25, 0.3) is 0 Å². The second kappa shape index (κ2) is 7.48. The summed E-state index contributed by atoms with van der Waals surface area (Å²) < 4.78 is 23.9. The molecule has 1 aromatic rings. The van der Waals surface area contributed by atoms with Crippen molar-refractivity contribution >= 4 is 11.4 Å². The van der Waals surface area contributed by atoms with Gasteiger partial charge >= 0.3 is 0 Å². The van der Waals surface area contributed by atoms with E-state index in [0.29, 0.717) is 36.7 Å². The molecule has 6 nitrogen and oxygen atoms in total. The molecule has 0 aliphatic carbocycles. The van der Waals surface area contributed by atoms with E-state index in [1.165, 1.54) is 0 Å². The number of halogens is 1. The van der Waals surface area contributed by atoms with Gasteiger partial charge in [-0.1, -0.05) is 0 Å². The minimum absolute atomic E-state index is 0.245. The molecule has 0 spiro atoms. The number of hydrogen-bond acceptors (Lipinski definition) is 6. The molecule has 2 fully saturated rings. The summed E-state index contributed by atoms with van der Waals surface area (Å²) in [6.45, 7) is 6.09. The van der Waals surface area contributed by atoms with Crippen LogP contribution in [-0.2, 0) is 0 Å². The highest BCUT2D eigenvalue weighted by atomic mass is 19.1. The van der Waals surface area contributed by atoms with Gasteiger partial charge in [0.1, 0.15) is 24.8 Å². The van der Waals surface area contributed by atoms with E-state index in [0.717, 1.165) is 57.0 Å². The number of alkyl halides is 1. The van der Waals surface area contributed by atoms with Crippen LogP contribution in [0.4, 0.5) is 15.8 Å². The van der Waals surface area contributed by atoms with Crippen molar-refractivity contribution in [2.24, 2.45) is 0 Å². The Kier molecular flexibility index (Phi) is 5.09. The predicted octanol–water partition coefficient (Wildman–Crippen LogP) is 1.59. The van der Waals surface area contributed by atoms with E-state index in [1.54, 1.807) is 7.11 Å². The number of nitrogens with zero attached hydrogens (tertiary/aromatic N) is 3. The van der Waals surface area contributed by atoms with E-state index in [9.17, 15) is 4.39 Å². The first-order chi connectivity index (χ1) is 12.7. The molecule has 3 heterocycles. The minimum atomic E-state index is -0.245. The predicted molar refractivity (Wildman–Crippen MR) is 101 cm³/mol. The number of nitrogen functional groups attached to an aromatic ring is 1. The van der Waals surface area contributed by atoms with E-state index >= 15 is 0 Å². The first-order valence-electron chi connectivity index (χ1n) is 9.59. The number of piperidine rings is 1. The summed E-state index contributed by atoms with van der Waals surface area (Å²) >= 11 is 0. The molecular weight excluding hydrogens is 335 g/mol. The Morgan fingerprint density at radius 2 is 2.00 bits per heavy atom. The molecule has 26 heavy (non-hydrogen) atoms. The molecule has 0 aromatic heterocycles. The third-order valence-electron chi connectivity index (χ3n) is 6.06. The molecule has 3 aliphatic heterocycles. The Morgan fingerprint density at radius 1 is 1.19 bits per heavy atom. The number of benzene rings is 1. The Labute approximate surface area is 154 Å². The maximum Gasteiger partial charge on any atom is 0.145 e. The Balaban J connectivity index is 1.42. The van der Waals surface area contributed by atoms with Gasteiger partial charge in [-0.15, -0.1) is 0 Å². The van der Waals surface area contributed by atoms with Gasteiger partial charge in [-0.05, 0) is 12.8 Å². The second-order valence-electron chi connectivity index (χ2n) is 7.46. The lowest BCUT2D eigenvalue weighted by molar-refractivity contribution is 0.0692. The summed E-state index contributed by atoms with van der Waals surface area (Å²) in [6, 6.07) is 4.86. The van der Waals surface area contributed by atoms with Crippen LogP contribution in [0.5, 0.6) is 11.5 Å². The van der Waals surface area contributed by atoms with E-state index in [-0.39, 0.29) is 6.67 Å². The van der Waals surface area contributed by atoms with Gasteiger partial charge in [0.05, 0.1) is 24.5 Å². The standard InChI is InChI=1S/C19H29FN4O2/c1-25-18-12-17-19(11-16(18)21)26-13-15-10-14(2-4-24(15)17)23-8-6-22(5-3-20)7-9-23/h11-12,14-15H,2-10,13,21H2,1H3. The van der Waals surface area contributed by atoms with Crippen molar-refractivity contribution < 1.29 is 13.9 Å². The van der Waals surface area contributed by atoms with E-state index in [1.807, 2.05) is 12.1 Å². The van der Waals surface area contributed by atoms with E-state index in [2.05, 4.69) is 14.7 Å². The molecule has 0 radical (unpaired) electrons. The van der Waals surface area contributed by atoms with Crippen LogP contribution in [0, 0.1) is 0 Å². The van der Waals surface area contributed by atoms with Crippen LogP contribution in [0.15, 0.2) is 12.1 Å². The van der Waals surface area contributed by atoms with Gasteiger partial charge in [0.15, 0.2) is 0 Å². The molecule has 144 valence electrons. The van der Waals surface area contributed by atoms with Crippen LogP contribution in [0.1, 0.15) is 12.8 Å². The molecule has 4 rings (SSSR count). The van der Waals surface area contributed by atoms with Crippen LogP contribution in [0.2, 0.25) is 0 Å². The van der Waals surface area contributed by atoms with Crippen LogP contribution >= 0.6 is 0 Å². The highest BCUT2D eigenvalue weighted by Crippen LogP contribution is 2.42. The number of ether oxygens (including phenoxy) is 2. The molecule has 3 aliphatic rings. The van der Waals surface area contributed by atoms with Gasteiger partial charge in [0.2, 0.25) is 0 Å². The van der Waals surface area contributed by atoms with Gasteiger partial charge in [0, 0.05) is 57.4 Å². The van der Waals surface area contributed by atoms with Crippen molar-refractivity contribution in [2.45, 2.75) is 24.9 Å². The number of nitrogens with two attached hydrogens (primary N) is 1. The zero-order valence-electron chi connectivity index (χ0n) is 15.5. The average molecular weight is 364 g/mol. The molecule has 2 unspecified atom stereocenters. The number of fused-ring (bicyclic) bond motifs is 3. The smallest absolute Gasteiger partial charge is 0.145 e. The average Bonchev–Trinajstić information content (AvgIpc) is 2.67. The lowest BCUT2D eigenvalue weighted by Gasteiger charge is -2.48. The van der Waals surface area contributed by atoms with Crippen LogP contribution in [0.25, 0.3) is 0 Å². The lowest BCUT2D eigenvalue weighted by atomic mass is 9.93. The molecule has 0 amide bonds. The van der Waals surface area contributed by atoms with Crippen molar-refractivity contribution in [3.8, 4) is 11.5 Å². The summed E-state index contributed by atoms with van der Waals surface area (Å²) in [5.41, 5.74) is 7.73. The number of piperazine rings is 1. The van der Waals surface area contributed by atoms with Gasteiger partial charge in [-0.25, -0.2) is 4.39 Å². The fourth-order valence-corrected chi connectivity index (χ4v) is 4.58. The van der Waals surface area contributed by atoms with E-state index < -0.39 is 0 Å². The number of hydrogen-bond donors (Lipinski definition) is 1. The third-order valence-corrected chi connectivity index (χ3v) is 6.06. The summed E-state index contributed by atoms with van der Waals surface area (Å²) in [6.07, 6.45) is 2.25. The topological polar surface area (TPSA) is 54.2 Å². The summed E-state index contributed by atoms with van der Waals surface area (Å²) in [7, 11) is 1.65. The Hall–Kier alpha value is -1.73. The summed E-state index contributed by atoms with van der Waals surface area (Å²) in [5.74, 6) is 1.57. The molecule has 0 saturated carbocycles. The monoisotopic (exact) mass is 364 g/mol. The molecule has 1 aromatic carbocycles. The van der Waals surface area contributed by atoms with Crippen LogP contribution < -0.4 is 20.1 Å². The van der Waals surface area contributed by atoms with Crippen molar-refractivity contribution in [1.82, 2.24) is 9.80 Å². The first kappa shape index (κ1) is 17.7. The highest BCUT2D eigenvalue weighted by molar-refractivity contribution is 5.71. The number of methoxy groups -OCH3 is 1. The second-order valence-corrected chi connectivity index (χ2v) is 7.46. The van der Waals surface area contributed by atoms with Crippen molar-refractivity contribution in [1.29, 1.82) is 0 Å². The molecule has 2 N–H and O–H groups in total. The molecule has 7 heteroatoms. The first-order valence-corrected chi connectivity index (χ1v) is 9.59. The van der Waals surface area contributed by atoms with Crippen LogP contribution in [0.3, 0.4) is 0 Å². The zero-order valence-corrected chi connectivity index (χ0v) is 15.5. The van der Waals surface area contributed by atoms with E-state index in [4.69, 9.17) is 15.2 Å². The molecule has 2 saturated heterocycles. The lowest BCUT2D eigenvalue weighted by Crippen LogP contribution is -2.57. The zero-order chi connectivity index (χ0) is 18.1. The molecule has 2 atom stereocenters. The Bertz CT molecular complexity index is 636. The quantitative estimate of drug-likeness (QED) is 0.819. The normalized spacial score (nSPS) is 26.8. The minimum Gasteiger partial charge on any atom is -0.495 e. The highest BCUT2D eigenvalue weighted by Gasteiger charge is 2.37. The largest absolute Gasteiger partial charge is 0.495 e. The maximum atomic E-state index is 12.5. The fraction of sp³-hybridized carbons (Fsp3) is 0.684. The third kappa shape index (κ3) is 3.30. The number of anilines is 2.